The number of hydrogen-bond donors (Lipinski definition) is 2. The third-order valence-corrected chi connectivity index (χ3v) is 3.06. The van der Waals surface area contributed by atoms with E-state index >= 15 is 0 Å². The number of nitrogens with one attached hydrogen (secondary N) is 2. The lowest BCUT2D eigenvalue weighted by atomic mass is 10.1. The van der Waals surface area contributed by atoms with Crippen LogP contribution in [-0.4, -0.2) is 17.4 Å². The Hall–Kier alpha value is -2.20. The second-order valence-corrected chi connectivity index (χ2v) is 4.61. The summed E-state index contributed by atoms with van der Waals surface area (Å²) in [7, 11) is 0. The van der Waals surface area contributed by atoms with Crippen molar-refractivity contribution in [1.82, 2.24) is 15.6 Å². The number of rotatable bonds is 6. The molecule has 104 valence electrons. The Bertz CT molecular complexity index is 528. The fraction of sp³-hybridized carbons (Fsp3) is 0.250. The van der Waals surface area contributed by atoms with Gasteiger partial charge in [0.15, 0.2) is 0 Å². The third-order valence-electron chi connectivity index (χ3n) is 3.06. The van der Waals surface area contributed by atoms with Gasteiger partial charge in [-0.2, -0.15) is 0 Å². The van der Waals surface area contributed by atoms with E-state index in [0.717, 1.165) is 5.69 Å². The second-order valence-electron chi connectivity index (χ2n) is 4.61. The van der Waals surface area contributed by atoms with Crippen molar-refractivity contribution >= 4 is 5.91 Å². The van der Waals surface area contributed by atoms with Crippen molar-refractivity contribution in [2.24, 2.45) is 0 Å². The van der Waals surface area contributed by atoms with Gasteiger partial charge in [-0.3, -0.25) is 9.78 Å². The van der Waals surface area contributed by atoms with Crippen LogP contribution in [0.3, 0.4) is 0 Å². The van der Waals surface area contributed by atoms with Crippen molar-refractivity contribution in [2.45, 2.75) is 19.5 Å². The Kier molecular flexibility index (Phi) is 5.26. The van der Waals surface area contributed by atoms with Gasteiger partial charge in [0.1, 0.15) is 0 Å². The first kappa shape index (κ1) is 14.2. The van der Waals surface area contributed by atoms with Crippen LogP contribution >= 0.6 is 0 Å². The van der Waals surface area contributed by atoms with Crippen LogP contribution < -0.4 is 10.6 Å². The number of amides is 1. The standard InChI is InChI=1S/C16H19N3O/c1-13(14-7-3-2-4-8-14)18-12-16(20)19-11-15-9-5-6-10-17-15/h2-10,13,18H,11-12H2,1H3,(H,19,20). The first-order chi connectivity index (χ1) is 9.75. The van der Waals surface area contributed by atoms with E-state index in [0.29, 0.717) is 13.1 Å². The average Bonchev–Trinajstić information content (AvgIpc) is 2.52. The lowest BCUT2D eigenvalue weighted by molar-refractivity contribution is -0.120. The summed E-state index contributed by atoms with van der Waals surface area (Å²) < 4.78 is 0. The van der Waals surface area contributed by atoms with E-state index in [1.165, 1.54) is 5.56 Å². The SMILES string of the molecule is CC(NCC(=O)NCc1ccccn1)c1ccccc1. The van der Waals surface area contributed by atoms with Gasteiger partial charge in [-0.15, -0.1) is 0 Å². The molecule has 0 aliphatic rings. The lowest BCUT2D eigenvalue weighted by Crippen LogP contribution is -2.34. The number of aromatic nitrogens is 1. The molecule has 0 fully saturated rings. The van der Waals surface area contributed by atoms with Crippen LogP contribution in [0.15, 0.2) is 54.7 Å². The Morgan fingerprint density at radius 3 is 2.60 bits per heavy atom. The molecule has 4 nitrogen and oxygen atoms in total. The summed E-state index contributed by atoms with van der Waals surface area (Å²) in [6.45, 7) is 2.80. The van der Waals surface area contributed by atoms with E-state index in [1.54, 1.807) is 6.20 Å². The molecular formula is C16H19N3O. The first-order valence-electron chi connectivity index (χ1n) is 6.70. The third kappa shape index (κ3) is 4.48. The molecule has 1 atom stereocenters. The summed E-state index contributed by atoms with van der Waals surface area (Å²) in [5, 5.41) is 6.04. The number of hydrogen-bond acceptors (Lipinski definition) is 3. The van der Waals surface area contributed by atoms with Crippen LogP contribution in [0.25, 0.3) is 0 Å². The van der Waals surface area contributed by atoms with E-state index in [-0.39, 0.29) is 11.9 Å². The van der Waals surface area contributed by atoms with Gasteiger partial charge in [0, 0.05) is 12.2 Å². The van der Waals surface area contributed by atoms with Crippen molar-refractivity contribution in [3.8, 4) is 0 Å². The van der Waals surface area contributed by atoms with Crippen molar-refractivity contribution in [1.29, 1.82) is 0 Å². The number of carbonyl (C=O) groups is 1. The number of carbonyl (C=O) groups excluding carboxylic acids is 1. The molecule has 1 heterocycles. The predicted molar refractivity (Wildman–Crippen MR) is 78.9 cm³/mol. The molecule has 0 saturated carbocycles. The van der Waals surface area contributed by atoms with E-state index in [4.69, 9.17) is 0 Å². The summed E-state index contributed by atoms with van der Waals surface area (Å²) in [6, 6.07) is 15.9. The molecule has 1 unspecified atom stereocenters. The predicted octanol–water partition coefficient (Wildman–Crippen LogP) is 2.05. The molecular weight excluding hydrogens is 250 g/mol. The highest BCUT2D eigenvalue weighted by Crippen LogP contribution is 2.10. The lowest BCUT2D eigenvalue weighted by Gasteiger charge is -2.14. The maximum Gasteiger partial charge on any atom is 0.234 e. The largest absolute Gasteiger partial charge is 0.349 e. The van der Waals surface area contributed by atoms with Gasteiger partial charge < -0.3 is 10.6 Å². The van der Waals surface area contributed by atoms with Crippen molar-refractivity contribution in [3.05, 3.63) is 66.0 Å². The molecule has 0 radical (unpaired) electrons. The summed E-state index contributed by atoms with van der Waals surface area (Å²) in [5.74, 6) is -0.0292. The molecule has 20 heavy (non-hydrogen) atoms. The molecule has 2 N–H and O–H groups in total. The number of pyridine rings is 1. The van der Waals surface area contributed by atoms with Gasteiger partial charge in [-0.05, 0) is 24.6 Å². The molecule has 1 aromatic carbocycles. The minimum Gasteiger partial charge on any atom is -0.349 e. The minimum atomic E-state index is -0.0292. The van der Waals surface area contributed by atoms with Gasteiger partial charge in [-0.25, -0.2) is 0 Å². The van der Waals surface area contributed by atoms with Crippen LogP contribution in [0.4, 0.5) is 0 Å². The molecule has 4 heteroatoms. The van der Waals surface area contributed by atoms with Gasteiger partial charge in [-0.1, -0.05) is 36.4 Å². The summed E-state index contributed by atoms with van der Waals surface area (Å²) in [6.07, 6.45) is 1.72. The molecule has 2 aromatic rings. The van der Waals surface area contributed by atoms with Gasteiger partial charge in [0.05, 0.1) is 18.8 Å². The monoisotopic (exact) mass is 269 g/mol. The highest BCUT2D eigenvalue weighted by Gasteiger charge is 2.07. The zero-order chi connectivity index (χ0) is 14.2. The molecule has 0 saturated heterocycles. The number of benzene rings is 1. The van der Waals surface area contributed by atoms with Crippen LogP contribution in [-0.2, 0) is 11.3 Å². The zero-order valence-electron chi connectivity index (χ0n) is 11.5. The molecule has 0 bridgehead atoms. The smallest absolute Gasteiger partial charge is 0.234 e. The summed E-state index contributed by atoms with van der Waals surface area (Å²) >= 11 is 0. The van der Waals surface area contributed by atoms with Crippen molar-refractivity contribution < 1.29 is 4.79 Å². The molecule has 0 aliphatic heterocycles. The molecule has 2 rings (SSSR count). The fourth-order valence-corrected chi connectivity index (χ4v) is 1.86. The highest BCUT2D eigenvalue weighted by atomic mass is 16.1. The van der Waals surface area contributed by atoms with Gasteiger partial charge in [0.25, 0.3) is 0 Å². The van der Waals surface area contributed by atoms with Crippen molar-refractivity contribution in [2.75, 3.05) is 6.54 Å². The maximum atomic E-state index is 11.8. The fourth-order valence-electron chi connectivity index (χ4n) is 1.86. The normalized spacial score (nSPS) is 11.8. The molecule has 1 amide bonds. The zero-order valence-corrected chi connectivity index (χ0v) is 11.5. The molecule has 0 aliphatic carbocycles. The topological polar surface area (TPSA) is 54.0 Å². The van der Waals surface area contributed by atoms with Gasteiger partial charge in [0.2, 0.25) is 5.91 Å². The van der Waals surface area contributed by atoms with Crippen LogP contribution in [0.1, 0.15) is 24.2 Å². The van der Waals surface area contributed by atoms with E-state index in [2.05, 4.69) is 15.6 Å². The van der Waals surface area contributed by atoms with Gasteiger partial charge >= 0.3 is 0 Å². The quantitative estimate of drug-likeness (QED) is 0.844. The summed E-state index contributed by atoms with van der Waals surface area (Å²) in [5.41, 5.74) is 2.03. The van der Waals surface area contributed by atoms with Crippen LogP contribution in [0.2, 0.25) is 0 Å². The Balaban J connectivity index is 1.73. The Morgan fingerprint density at radius 1 is 1.15 bits per heavy atom. The highest BCUT2D eigenvalue weighted by molar-refractivity contribution is 5.77. The molecule has 1 aromatic heterocycles. The summed E-state index contributed by atoms with van der Waals surface area (Å²) in [4.78, 5) is 15.9. The van der Waals surface area contributed by atoms with Crippen molar-refractivity contribution in [3.63, 3.8) is 0 Å². The maximum absolute atomic E-state index is 11.8. The van der Waals surface area contributed by atoms with Crippen LogP contribution in [0, 0.1) is 0 Å². The van der Waals surface area contributed by atoms with Crippen LogP contribution in [0.5, 0.6) is 0 Å². The molecule has 0 spiro atoms. The Labute approximate surface area is 119 Å². The minimum absolute atomic E-state index is 0.0292. The average molecular weight is 269 g/mol. The second kappa shape index (κ2) is 7.40. The van der Waals surface area contributed by atoms with E-state index < -0.39 is 0 Å². The van der Waals surface area contributed by atoms with E-state index in [9.17, 15) is 4.79 Å². The Morgan fingerprint density at radius 2 is 1.90 bits per heavy atom. The number of nitrogens with zero attached hydrogens (tertiary/aromatic N) is 1. The van der Waals surface area contributed by atoms with E-state index in [1.807, 2.05) is 55.5 Å². The first-order valence-corrected chi connectivity index (χ1v) is 6.70.